The molecule has 114 valence electrons. The standard InChI is InChI=1S/C15H18ClNO3S/c1-20-15(19)13-5-3-4-8-17(13)14(18)11-9-10(21-2)6-7-12(11)16/h6-7,9,13H,3-5,8H2,1-2H3/t13-/m1/s1. The van der Waals surface area contributed by atoms with E-state index in [1.54, 1.807) is 28.8 Å². The molecule has 1 aromatic rings. The van der Waals surface area contributed by atoms with Gasteiger partial charge in [0.2, 0.25) is 0 Å². The molecule has 21 heavy (non-hydrogen) atoms. The van der Waals surface area contributed by atoms with Crippen molar-refractivity contribution in [2.75, 3.05) is 19.9 Å². The molecule has 1 saturated heterocycles. The van der Waals surface area contributed by atoms with Crippen molar-refractivity contribution in [1.29, 1.82) is 0 Å². The molecule has 1 aliphatic heterocycles. The van der Waals surface area contributed by atoms with E-state index in [9.17, 15) is 9.59 Å². The lowest BCUT2D eigenvalue weighted by Gasteiger charge is -2.34. The molecule has 2 rings (SSSR count). The van der Waals surface area contributed by atoms with Crippen LogP contribution >= 0.6 is 23.4 Å². The Kier molecular flexibility index (Phi) is 5.53. The van der Waals surface area contributed by atoms with Crippen molar-refractivity contribution in [2.24, 2.45) is 0 Å². The molecule has 4 nitrogen and oxygen atoms in total. The number of nitrogens with zero attached hydrogens (tertiary/aromatic N) is 1. The van der Waals surface area contributed by atoms with Gasteiger partial charge in [0.1, 0.15) is 6.04 Å². The molecule has 0 radical (unpaired) electrons. The average molecular weight is 328 g/mol. The summed E-state index contributed by atoms with van der Waals surface area (Å²) in [6.45, 7) is 0.554. The van der Waals surface area contributed by atoms with Crippen molar-refractivity contribution >= 4 is 35.2 Å². The number of thioether (sulfide) groups is 1. The minimum atomic E-state index is -0.509. The van der Waals surface area contributed by atoms with E-state index in [0.717, 1.165) is 17.7 Å². The first-order valence-electron chi connectivity index (χ1n) is 6.80. The van der Waals surface area contributed by atoms with Crippen LogP contribution in [-0.4, -0.2) is 42.7 Å². The molecule has 1 atom stereocenters. The largest absolute Gasteiger partial charge is 0.467 e. The Balaban J connectivity index is 2.30. The number of hydrogen-bond donors (Lipinski definition) is 0. The van der Waals surface area contributed by atoms with E-state index >= 15 is 0 Å². The van der Waals surface area contributed by atoms with Crippen LogP contribution in [0, 0.1) is 0 Å². The molecule has 6 heteroatoms. The number of ether oxygens (including phenoxy) is 1. The van der Waals surface area contributed by atoms with Gasteiger partial charge in [0.05, 0.1) is 17.7 Å². The first-order chi connectivity index (χ1) is 10.1. The molecule has 0 aromatic heterocycles. The molecule has 0 N–H and O–H groups in total. The number of likely N-dealkylation sites (tertiary alicyclic amines) is 1. The van der Waals surface area contributed by atoms with Gasteiger partial charge in [-0.05, 0) is 43.7 Å². The van der Waals surface area contributed by atoms with Gasteiger partial charge in [0.25, 0.3) is 5.91 Å². The minimum absolute atomic E-state index is 0.203. The van der Waals surface area contributed by atoms with Crippen molar-refractivity contribution < 1.29 is 14.3 Å². The number of amides is 1. The van der Waals surface area contributed by atoms with Crippen LogP contribution in [0.25, 0.3) is 0 Å². The average Bonchev–Trinajstić information content (AvgIpc) is 2.54. The van der Waals surface area contributed by atoms with Gasteiger partial charge in [-0.2, -0.15) is 0 Å². The Hall–Kier alpha value is -1.20. The summed E-state index contributed by atoms with van der Waals surface area (Å²) in [5, 5.41) is 0.409. The smallest absolute Gasteiger partial charge is 0.328 e. The second-order valence-corrected chi connectivity index (χ2v) is 6.17. The van der Waals surface area contributed by atoms with E-state index in [1.165, 1.54) is 7.11 Å². The number of carbonyl (C=O) groups excluding carboxylic acids is 2. The van der Waals surface area contributed by atoms with E-state index in [0.29, 0.717) is 23.6 Å². The van der Waals surface area contributed by atoms with E-state index in [-0.39, 0.29) is 11.9 Å². The van der Waals surface area contributed by atoms with Crippen molar-refractivity contribution in [3.05, 3.63) is 28.8 Å². The number of hydrogen-bond acceptors (Lipinski definition) is 4. The molecule has 1 amide bonds. The number of rotatable bonds is 3. The zero-order valence-corrected chi connectivity index (χ0v) is 13.7. The zero-order chi connectivity index (χ0) is 15.4. The van der Waals surface area contributed by atoms with Gasteiger partial charge in [0.15, 0.2) is 0 Å². The second kappa shape index (κ2) is 7.18. The van der Waals surface area contributed by atoms with Crippen molar-refractivity contribution in [3.63, 3.8) is 0 Å². The maximum atomic E-state index is 12.7. The lowest BCUT2D eigenvalue weighted by atomic mass is 10.0. The van der Waals surface area contributed by atoms with E-state index in [1.807, 2.05) is 12.3 Å². The minimum Gasteiger partial charge on any atom is -0.467 e. The number of esters is 1. The highest BCUT2D eigenvalue weighted by atomic mass is 35.5. The Morgan fingerprint density at radius 1 is 1.38 bits per heavy atom. The molecule has 0 saturated carbocycles. The lowest BCUT2D eigenvalue weighted by molar-refractivity contribution is -0.147. The quantitative estimate of drug-likeness (QED) is 0.631. The van der Waals surface area contributed by atoms with Gasteiger partial charge in [0, 0.05) is 11.4 Å². The maximum absolute atomic E-state index is 12.7. The lowest BCUT2D eigenvalue weighted by Crippen LogP contribution is -2.48. The molecule has 1 aliphatic rings. The van der Waals surface area contributed by atoms with Crippen molar-refractivity contribution in [1.82, 2.24) is 4.90 Å². The fourth-order valence-electron chi connectivity index (χ4n) is 2.51. The monoisotopic (exact) mass is 327 g/mol. The summed E-state index contributed by atoms with van der Waals surface area (Å²) in [5.41, 5.74) is 0.444. The number of carbonyl (C=O) groups is 2. The van der Waals surface area contributed by atoms with Crippen LogP contribution in [0.4, 0.5) is 0 Å². The van der Waals surface area contributed by atoms with Crippen LogP contribution in [0.2, 0.25) is 5.02 Å². The third kappa shape index (κ3) is 3.52. The number of halogens is 1. The normalized spacial score (nSPS) is 18.4. The molecule has 0 aliphatic carbocycles. The van der Waals surface area contributed by atoms with Crippen LogP contribution in [0.5, 0.6) is 0 Å². The van der Waals surface area contributed by atoms with E-state index in [4.69, 9.17) is 16.3 Å². The third-order valence-electron chi connectivity index (χ3n) is 3.64. The van der Waals surface area contributed by atoms with Crippen molar-refractivity contribution in [2.45, 2.75) is 30.2 Å². The van der Waals surface area contributed by atoms with Crippen molar-refractivity contribution in [3.8, 4) is 0 Å². The highest BCUT2D eigenvalue weighted by Crippen LogP contribution is 2.27. The summed E-state index contributed by atoms with van der Waals surface area (Å²) < 4.78 is 4.81. The maximum Gasteiger partial charge on any atom is 0.328 e. The Bertz CT molecular complexity index is 550. The third-order valence-corrected chi connectivity index (χ3v) is 4.70. The fourth-order valence-corrected chi connectivity index (χ4v) is 3.14. The van der Waals surface area contributed by atoms with Crippen LogP contribution in [0.15, 0.2) is 23.1 Å². The van der Waals surface area contributed by atoms with Crippen LogP contribution < -0.4 is 0 Å². The van der Waals surface area contributed by atoms with Gasteiger partial charge in [-0.1, -0.05) is 11.6 Å². The van der Waals surface area contributed by atoms with E-state index < -0.39 is 6.04 Å². The Morgan fingerprint density at radius 3 is 2.81 bits per heavy atom. The topological polar surface area (TPSA) is 46.6 Å². The molecule has 1 heterocycles. The van der Waals surface area contributed by atoms with Gasteiger partial charge in [-0.15, -0.1) is 11.8 Å². The van der Waals surface area contributed by atoms with Crippen LogP contribution in [0.1, 0.15) is 29.6 Å². The highest BCUT2D eigenvalue weighted by molar-refractivity contribution is 7.98. The second-order valence-electron chi connectivity index (χ2n) is 4.88. The van der Waals surface area contributed by atoms with Gasteiger partial charge in [-0.3, -0.25) is 4.79 Å². The first-order valence-corrected chi connectivity index (χ1v) is 8.41. The summed E-state index contributed by atoms with van der Waals surface area (Å²) in [4.78, 5) is 27.2. The predicted octanol–water partition coefficient (Wildman–Crippen LogP) is 3.23. The zero-order valence-electron chi connectivity index (χ0n) is 12.1. The predicted molar refractivity (Wildman–Crippen MR) is 83.9 cm³/mol. The molecule has 0 bridgehead atoms. The van der Waals surface area contributed by atoms with Gasteiger partial charge in [-0.25, -0.2) is 4.79 Å². The molecular formula is C15H18ClNO3S. The van der Waals surface area contributed by atoms with Crippen LogP contribution in [0.3, 0.4) is 0 Å². The van der Waals surface area contributed by atoms with Crippen LogP contribution in [-0.2, 0) is 9.53 Å². The van der Waals surface area contributed by atoms with Gasteiger partial charge >= 0.3 is 5.97 Å². The number of benzene rings is 1. The summed E-state index contributed by atoms with van der Waals surface area (Å²) in [6, 6.07) is 4.86. The Morgan fingerprint density at radius 2 is 2.14 bits per heavy atom. The van der Waals surface area contributed by atoms with Gasteiger partial charge < -0.3 is 9.64 Å². The molecule has 0 spiro atoms. The molecule has 1 aromatic carbocycles. The number of methoxy groups -OCH3 is 1. The summed E-state index contributed by atoms with van der Waals surface area (Å²) in [5.74, 6) is -0.564. The number of piperidine rings is 1. The molecule has 0 unspecified atom stereocenters. The Labute approximate surface area is 133 Å². The summed E-state index contributed by atoms with van der Waals surface area (Å²) in [6.07, 6.45) is 4.38. The van der Waals surface area contributed by atoms with E-state index in [2.05, 4.69) is 0 Å². The fraction of sp³-hybridized carbons (Fsp3) is 0.467. The highest BCUT2D eigenvalue weighted by Gasteiger charge is 2.34. The molecular weight excluding hydrogens is 310 g/mol. The molecule has 1 fully saturated rings. The SMILES string of the molecule is COC(=O)[C@H]1CCCCN1C(=O)c1cc(SC)ccc1Cl. The summed E-state index contributed by atoms with van der Waals surface area (Å²) >= 11 is 7.70. The first kappa shape index (κ1) is 16.2. The summed E-state index contributed by atoms with van der Waals surface area (Å²) in [7, 11) is 1.35.